The van der Waals surface area contributed by atoms with Crippen LogP contribution in [0.15, 0.2) is 11.8 Å². The summed E-state index contributed by atoms with van der Waals surface area (Å²) in [5, 5.41) is 0. The van der Waals surface area contributed by atoms with Gasteiger partial charge in [0, 0.05) is 0 Å². The molecule has 2 nitrogen and oxygen atoms in total. The molecule has 5 heteroatoms. The largest absolute Gasteiger partial charge is 0.429 e. The number of hydrogen-bond acceptors (Lipinski definition) is 2. The van der Waals surface area contributed by atoms with Crippen molar-refractivity contribution >= 4 is 40.8 Å². The number of ether oxygens (including phenoxy) is 1. The second kappa shape index (κ2) is 5.74. The third kappa shape index (κ3) is 6.19. The number of rotatable bonds is 3. The maximum atomic E-state index is 11.0. The average molecular weight is 246 g/mol. The highest BCUT2D eigenvalue weighted by atomic mass is 35.6. The van der Waals surface area contributed by atoms with Gasteiger partial charge in [0.1, 0.15) is 5.76 Å². The molecular formula is C8H11Cl3O2. The first-order valence-electron chi connectivity index (χ1n) is 3.83. The van der Waals surface area contributed by atoms with Crippen molar-refractivity contribution in [3.05, 3.63) is 11.8 Å². The van der Waals surface area contributed by atoms with Crippen molar-refractivity contribution in [1.82, 2.24) is 0 Å². The molecule has 0 unspecified atom stereocenters. The highest BCUT2D eigenvalue weighted by Gasteiger charge is 2.32. The van der Waals surface area contributed by atoms with Crippen LogP contribution in [0.3, 0.4) is 0 Å². The number of alkyl halides is 3. The summed E-state index contributed by atoms with van der Waals surface area (Å²) in [6.45, 7) is 3.66. The monoisotopic (exact) mass is 244 g/mol. The Morgan fingerprint density at radius 2 is 2.00 bits per heavy atom. The summed E-state index contributed by atoms with van der Waals surface area (Å²) in [6, 6.07) is 0. The molecule has 0 heterocycles. The van der Waals surface area contributed by atoms with Gasteiger partial charge in [-0.15, -0.1) is 0 Å². The second-order valence-corrected chi connectivity index (χ2v) is 4.77. The molecule has 0 aliphatic heterocycles. The van der Waals surface area contributed by atoms with Crippen LogP contribution in [0.5, 0.6) is 0 Å². The number of hydrogen-bond donors (Lipinski definition) is 0. The number of halogens is 3. The fourth-order valence-electron chi connectivity index (χ4n) is 0.593. The van der Waals surface area contributed by atoms with Crippen LogP contribution in [0.2, 0.25) is 0 Å². The SMILES string of the molecule is CCC/C=C(/C)OC(=O)C(Cl)(Cl)Cl. The number of carbonyl (C=O) groups is 1. The van der Waals surface area contributed by atoms with Crippen LogP contribution in [0.1, 0.15) is 26.7 Å². The van der Waals surface area contributed by atoms with Crippen molar-refractivity contribution in [3.8, 4) is 0 Å². The number of esters is 1. The Balaban J connectivity index is 4.07. The first kappa shape index (κ1) is 13.1. The molecular weight excluding hydrogens is 234 g/mol. The van der Waals surface area contributed by atoms with Gasteiger partial charge in [-0.2, -0.15) is 0 Å². The Bertz CT molecular complexity index is 206. The summed E-state index contributed by atoms with van der Waals surface area (Å²) in [4.78, 5) is 11.0. The lowest BCUT2D eigenvalue weighted by Crippen LogP contribution is -2.21. The topological polar surface area (TPSA) is 26.3 Å². The highest BCUT2D eigenvalue weighted by Crippen LogP contribution is 2.28. The van der Waals surface area contributed by atoms with Crippen molar-refractivity contribution in [2.45, 2.75) is 30.5 Å². The molecule has 0 bridgehead atoms. The summed E-state index contributed by atoms with van der Waals surface area (Å²) in [5.74, 6) is -0.416. The van der Waals surface area contributed by atoms with Crippen molar-refractivity contribution in [2.24, 2.45) is 0 Å². The van der Waals surface area contributed by atoms with Crippen molar-refractivity contribution < 1.29 is 9.53 Å². The van der Waals surface area contributed by atoms with E-state index in [9.17, 15) is 4.79 Å². The summed E-state index contributed by atoms with van der Waals surface area (Å²) in [7, 11) is 0. The molecule has 0 saturated carbocycles. The lowest BCUT2D eigenvalue weighted by atomic mass is 10.3. The molecule has 0 atom stereocenters. The third-order valence-corrected chi connectivity index (χ3v) is 1.67. The summed E-state index contributed by atoms with van der Waals surface area (Å²) in [6.07, 6.45) is 3.58. The van der Waals surface area contributed by atoms with Crippen LogP contribution in [-0.4, -0.2) is 9.76 Å². The Hall–Kier alpha value is 0.0800. The Morgan fingerprint density at radius 1 is 1.46 bits per heavy atom. The summed E-state index contributed by atoms with van der Waals surface area (Å²) in [5.41, 5.74) is 0. The average Bonchev–Trinajstić information content (AvgIpc) is 1.99. The molecule has 0 aliphatic rings. The lowest BCUT2D eigenvalue weighted by Gasteiger charge is -2.09. The van der Waals surface area contributed by atoms with Gasteiger partial charge in [0.2, 0.25) is 0 Å². The normalized spacial score (nSPS) is 12.8. The molecule has 0 aliphatic carbocycles. The van der Waals surface area contributed by atoms with E-state index in [0.29, 0.717) is 5.76 Å². The molecule has 0 radical (unpaired) electrons. The molecule has 0 aromatic carbocycles. The Kier molecular flexibility index (Phi) is 5.77. The van der Waals surface area contributed by atoms with Gasteiger partial charge in [-0.1, -0.05) is 48.1 Å². The molecule has 0 spiro atoms. The van der Waals surface area contributed by atoms with Gasteiger partial charge in [-0.3, -0.25) is 0 Å². The zero-order chi connectivity index (χ0) is 10.5. The van der Waals surface area contributed by atoms with E-state index in [2.05, 4.69) is 0 Å². The number of allylic oxidation sites excluding steroid dienone is 2. The fourth-order valence-corrected chi connectivity index (χ4v) is 0.709. The van der Waals surface area contributed by atoms with E-state index in [-0.39, 0.29) is 0 Å². The zero-order valence-corrected chi connectivity index (χ0v) is 9.71. The van der Waals surface area contributed by atoms with E-state index in [1.165, 1.54) is 0 Å². The zero-order valence-electron chi connectivity index (χ0n) is 7.44. The predicted molar refractivity (Wildman–Crippen MR) is 55.0 cm³/mol. The van der Waals surface area contributed by atoms with Crippen LogP contribution in [0.4, 0.5) is 0 Å². The van der Waals surface area contributed by atoms with E-state index >= 15 is 0 Å². The van der Waals surface area contributed by atoms with Crippen LogP contribution >= 0.6 is 34.8 Å². The van der Waals surface area contributed by atoms with E-state index in [1.807, 2.05) is 6.92 Å². The first-order valence-corrected chi connectivity index (χ1v) is 4.97. The summed E-state index contributed by atoms with van der Waals surface area (Å²) < 4.78 is 2.74. The van der Waals surface area contributed by atoms with Gasteiger partial charge in [0.15, 0.2) is 0 Å². The van der Waals surface area contributed by atoms with Crippen LogP contribution in [-0.2, 0) is 9.53 Å². The Morgan fingerprint density at radius 3 is 2.38 bits per heavy atom. The van der Waals surface area contributed by atoms with E-state index in [0.717, 1.165) is 12.8 Å². The molecule has 13 heavy (non-hydrogen) atoms. The molecule has 0 aromatic rings. The van der Waals surface area contributed by atoms with Crippen molar-refractivity contribution in [2.75, 3.05) is 0 Å². The van der Waals surface area contributed by atoms with Crippen molar-refractivity contribution in [1.29, 1.82) is 0 Å². The van der Waals surface area contributed by atoms with Crippen LogP contribution in [0.25, 0.3) is 0 Å². The number of unbranched alkanes of at least 4 members (excludes halogenated alkanes) is 1. The highest BCUT2D eigenvalue weighted by molar-refractivity contribution is 6.75. The van der Waals surface area contributed by atoms with Crippen molar-refractivity contribution in [3.63, 3.8) is 0 Å². The fraction of sp³-hybridized carbons (Fsp3) is 0.625. The third-order valence-electron chi connectivity index (χ3n) is 1.21. The van der Waals surface area contributed by atoms with E-state index in [1.54, 1.807) is 13.0 Å². The quantitative estimate of drug-likeness (QED) is 0.431. The van der Waals surface area contributed by atoms with Gasteiger partial charge in [-0.25, -0.2) is 4.79 Å². The van der Waals surface area contributed by atoms with E-state index in [4.69, 9.17) is 39.5 Å². The molecule has 0 N–H and O–H groups in total. The standard InChI is InChI=1S/C8H11Cl3O2/c1-3-4-5-6(2)13-7(12)8(9,10)11/h5H,3-4H2,1-2H3/b6-5-. The maximum Gasteiger partial charge on any atom is 0.363 e. The molecule has 0 saturated heterocycles. The minimum Gasteiger partial charge on any atom is -0.429 e. The van der Waals surface area contributed by atoms with Gasteiger partial charge in [-0.05, 0) is 19.4 Å². The molecule has 0 fully saturated rings. The second-order valence-electron chi connectivity index (χ2n) is 2.49. The minimum atomic E-state index is -2.00. The summed E-state index contributed by atoms with van der Waals surface area (Å²) >= 11 is 15.9. The van der Waals surface area contributed by atoms with Crippen LogP contribution < -0.4 is 0 Å². The van der Waals surface area contributed by atoms with Crippen LogP contribution in [0, 0.1) is 0 Å². The van der Waals surface area contributed by atoms with Gasteiger partial charge < -0.3 is 4.74 Å². The first-order chi connectivity index (χ1) is 5.88. The number of carbonyl (C=O) groups excluding carboxylic acids is 1. The molecule has 0 amide bonds. The minimum absolute atomic E-state index is 0.457. The maximum absolute atomic E-state index is 11.0. The lowest BCUT2D eigenvalue weighted by molar-refractivity contribution is -0.138. The molecule has 0 rings (SSSR count). The van der Waals surface area contributed by atoms with Gasteiger partial charge in [0.25, 0.3) is 3.79 Å². The smallest absolute Gasteiger partial charge is 0.363 e. The Labute approximate surface area is 92.8 Å². The van der Waals surface area contributed by atoms with E-state index < -0.39 is 9.76 Å². The van der Waals surface area contributed by atoms with Gasteiger partial charge >= 0.3 is 5.97 Å². The molecule has 0 aromatic heterocycles. The van der Waals surface area contributed by atoms with Gasteiger partial charge in [0.05, 0.1) is 0 Å². The molecule has 76 valence electrons. The predicted octanol–water partition coefficient (Wildman–Crippen LogP) is 3.60.